The molecule has 1 N–H and O–H groups in total. The Hall–Kier alpha value is -2.31. The predicted molar refractivity (Wildman–Crippen MR) is 55.7 cm³/mol. The number of nitrogens with zero attached hydrogens (tertiary/aromatic N) is 3. The molecule has 0 spiro atoms. The van der Waals surface area contributed by atoms with Crippen molar-refractivity contribution in [3.8, 4) is 5.75 Å². The predicted octanol–water partition coefficient (Wildman–Crippen LogP) is 1.17. The van der Waals surface area contributed by atoms with E-state index in [1.807, 2.05) is 6.92 Å². The number of hydrogen-bond donors (Lipinski definition) is 1. The quantitative estimate of drug-likeness (QED) is 0.839. The Balaban J connectivity index is 1.94. The molecule has 0 amide bonds. The highest BCUT2D eigenvalue weighted by molar-refractivity contribution is 5.85. The Kier molecular flexibility index (Phi) is 3.08. The number of hydrogen-bond acceptors (Lipinski definition) is 5. The summed E-state index contributed by atoms with van der Waals surface area (Å²) in [6.07, 6.45) is 3.33. The molecule has 0 atom stereocenters. The van der Waals surface area contributed by atoms with E-state index in [9.17, 15) is 4.79 Å². The van der Waals surface area contributed by atoms with E-state index in [0.29, 0.717) is 11.5 Å². The molecule has 7 heteroatoms. The van der Waals surface area contributed by atoms with Crippen LogP contribution in [0, 0.1) is 0 Å². The lowest BCUT2D eigenvalue weighted by Gasteiger charge is -1.98. The van der Waals surface area contributed by atoms with Gasteiger partial charge in [-0.25, -0.2) is 4.79 Å². The summed E-state index contributed by atoms with van der Waals surface area (Å²) in [4.78, 5) is 10.6. The maximum atomic E-state index is 10.6. The molecular weight excluding hydrogens is 226 g/mol. The lowest BCUT2D eigenvalue weighted by molar-refractivity contribution is 0.0685. The van der Waals surface area contributed by atoms with Crippen LogP contribution in [0.3, 0.4) is 0 Å². The Bertz CT molecular complexity index is 517. The van der Waals surface area contributed by atoms with Crippen LogP contribution in [0.2, 0.25) is 0 Å². The summed E-state index contributed by atoms with van der Waals surface area (Å²) in [6.45, 7) is 2.84. The summed E-state index contributed by atoms with van der Waals surface area (Å²) in [6, 6.07) is 1.33. The Labute approximate surface area is 96.6 Å². The number of ether oxygens (including phenoxy) is 1. The fourth-order valence-corrected chi connectivity index (χ4v) is 1.23. The van der Waals surface area contributed by atoms with Crippen LogP contribution in [0.4, 0.5) is 0 Å². The summed E-state index contributed by atoms with van der Waals surface area (Å²) in [7, 11) is 0. The van der Waals surface area contributed by atoms with E-state index in [-0.39, 0.29) is 12.3 Å². The molecule has 0 fully saturated rings. The van der Waals surface area contributed by atoms with Crippen molar-refractivity contribution in [2.45, 2.75) is 20.1 Å². The largest absolute Gasteiger partial charge is 0.482 e. The maximum Gasteiger partial charge on any atom is 0.358 e. The van der Waals surface area contributed by atoms with Gasteiger partial charge < -0.3 is 14.4 Å². The van der Waals surface area contributed by atoms with Crippen molar-refractivity contribution < 1.29 is 19.2 Å². The highest BCUT2D eigenvalue weighted by Crippen LogP contribution is 2.12. The molecule has 17 heavy (non-hydrogen) atoms. The Morgan fingerprint density at radius 3 is 3.06 bits per heavy atom. The van der Waals surface area contributed by atoms with Crippen molar-refractivity contribution in [1.82, 2.24) is 14.9 Å². The first kappa shape index (κ1) is 11.2. The van der Waals surface area contributed by atoms with E-state index >= 15 is 0 Å². The molecule has 0 aromatic carbocycles. The second-order valence-corrected chi connectivity index (χ2v) is 3.30. The zero-order valence-electron chi connectivity index (χ0n) is 9.16. The van der Waals surface area contributed by atoms with Gasteiger partial charge in [-0.1, -0.05) is 5.16 Å². The first-order valence-corrected chi connectivity index (χ1v) is 5.03. The van der Waals surface area contributed by atoms with Crippen LogP contribution in [0.1, 0.15) is 23.2 Å². The molecule has 0 aliphatic rings. The molecule has 0 bridgehead atoms. The van der Waals surface area contributed by atoms with Crippen molar-refractivity contribution >= 4 is 5.97 Å². The lowest BCUT2D eigenvalue weighted by atomic mass is 10.4. The van der Waals surface area contributed by atoms with E-state index < -0.39 is 5.97 Å². The fourth-order valence-electron chi connectivity index (χ4n) is 1.23. The van der Waals surface area contributed by atoms with Crippen LogP contribution in [0.25, 0.3) is 0 Å². The third-order valence-corrected chi connectivity index (χ3v) is 2.09. The summed E-state index contributed by atoms with van der Waals surface area (Å²) in [5, 5.41) is 16.0. The van der Waals surface area contributed by atoms with E-state index in [1.54, 1.807) is 17.1 Å². The first-order chi connectivity index (χ1) is 8.19. The van der Waals surface area contributed by atoms with E-state index in [4.69, 9.17) is 14.4 Å². The number of aryl methyl sites for hydroxylation is 1. The van der Waals surface area contributed by atoms with Crippen LogP contribution < -0.4 is 4.74 Å². The van der Waals surface area contributed by atoms with Gasteiger partial charge in [0.05, 0.1) is 12.4 Å². The van der Waals surface area contributed by atoms with Gasteiger partial charge in [-0.05, 0) is 6.92 Å². The van der Waals surface area contributed by atoms with Crippen LogP contribution in [-0.4, -0.2) is 26.0 Å². The van der Waals surface area contributed by atoms with Crippen LogP contribution in [0.5, 0.6) is 5.75 Å². The Morgan fingerprint density at radius 1 is 1.65 bits per heavy atom. The van der Waals surface area contributed by atoms with Crippen molar-refractivity contribution in [2.24, 2.45) is 0 Å². The molecule has 2 heterocycles. The molecule has 0 unspecified atom stereocenters. The molecule has 0 saturated carbocycles. The topological polar surface area (TPSA) is 90.4 Å². The monoisotopic (exact) mass is 237 g/mol. The van der Waals surface area contributed by atoms with Gasteiger partial charge in [-0.2, -0.15) is 5.10 Å². The summed E-state index contributed by atoms with van der Waals surface area (Å²) >= 11 is 0. The van der Waals surface area contributed by atoms with Crippen molar-refractivity contribution in [3.63, 3.8) is 0 Å². The van der Waals surface area contributed by atoms with Gasteiger partial charge in [0.15, 0.2) is 17.2 Å². The highest BCUT2D eigenvalue weighted by Gasteiger charge is 2.11. The zero-order valence-corrected chi connectivity index (χ0v) is 9.16. The smallest absolute Gasteiger partial charge is 0.358 e. The molecule has 0 aliphatic heterocycles. The molecule has 2 rings (SSSR count). The highest BCUT2D eigenvalue weighted by atomic mass is 16.5. The van der Waals surface area contributed by atoms with E-state index in [0.717, 1.165) is 6.54 Å². The molecule has 7 nitrogen and oxygen atoms in total. The molecule has 0 saturated heterocycles. The van der Waals surface area contributed by atoms with Gasteiger partial charge in [0, 0.05) is 12.6 Å². The number of aromatic nitrogens is 3. The summed E-state index contributed by atoms with van der Waals surface area (Å²) < 4.78 is 11.9. The third-order valence-electron chi connectivity index (χ3n) is 2.09. The maximum absolute atomic E-state index is 10.6. The molecule has 90 valence electrons. The average molecular weight is 237 g/mol. The Morgan fingerprint density at radius 2 is 2.47 bits per heavy atom. The number of aromatic carboxylic acids is 1. The minimum absolute atomic E-state index is 0.121. The average Bonchev–Trinajstić information content (AvgIpc) is 2.95. The first-order valence-electron chi connectivity index (χ1n) is 5.03. The van der Waals surface area contributed by atoms with E-state index in [2.05, 4.69) is 10.3 Å². The van der Waals surface area contributed by atoms with Gasteiger partial charge in [0.2, 0.25) is 0 Å². The number of carboxylic acid groups (broad SMARTS) is 1. The summed E-state index contributed by atoms with van der Waals surface area (Å²) in [5.41, 5.74) is -0.132. The van der Waals surface area contributed by atoms with Crippen LogP contribution in [0.15, 0.2) is 23.0 Å². The zero-order chi connectivity index (χ0) is 12.3. The van der Waals surface area contributed by atoms with E-state index in [1.165, 1.54) is 6.07 Å². The van der Waals surface area contributed by atoms with Crippen molar-refractivity contribution in [1.29, 1.82) is 0 Å². The van der Waals surface area contributed by atoms with Crippen LogP contribution in [-0.2, 0) is 13.2 Å². The SMILES string of the molecule is CCn1cc(OCc2cc(C(=O)O)no2)cn1. The molecule has 2 aromatic rings. The van der Waals surface area contributed by atoms with Gasteiger partial charge in [0.1, 0.15) is 6.61 Å². The minimum atomic E-state index is -1.13. The van der Waals surface area contributed by atoms with Crippen molar-refractivity contribution in [2.75, 3.05) is 0 Å². The second-order valence-electron chi connectivity index (χ2n) is 3.30. The molecule has 2 aromatic heterocycles. The van der Waals surface area contributed by atoms with Gasteiger partial charge in [-0.15, -0.1) is 0 Å². The van der Waals surface area contributed by atoms with Gasteiger partial charge in [-0.3, -0.25) is 4.68 Å². The second kappa shape index (κ2) is 4.69. The minimum Gasteiger partial charge on any atom is -0.482 e. The van der Waals surface area contributed by atoms with Crippen LogP contribution >= 0.6 is 0 Å². The molecule has 0 radical (unpaired) electrons. The normalized spacial score (nSPS) is 10.4. The number of carboxylic acids is 1. The summed E-state index contributed by atoms with van der Waals surface area (Å²) in [5.74, 6) is -0.175. The third kappa shape index (κ3) is 2.63. The number of carbonyl (C=O) groups is 1. The standard InChI is InChI=1S/C10H11N3O4/c1-2-13-5-8(4-11-13)16-6-7-3-9(10(14)15)12-17-7/h3-5H,2,6H2,1H3,(H,14,15). The number of rotatable bonds is 5. The fraction of sp³-hybridized carbons (Fsp3) is 0.300. The van der Waals surface area contributed by atoms with Gasteiger partial charge >= 0.3 is 5.97 Å². The molecular formula is C10H11N3O4. The lowest BCUT2D eigenvalue weighted by Crippen LogP contribution is -1.96. The van der Waals surface area contributed by atoms with Crippen molar-refractivity contribution in [3.05, 3.63) is 29.9 Å². The van der Waals surface area contributed by atoms with Gasteiger partial charge in [0.25, 0.3) is 0 Å². The molecule has 0 aliphatic carbocycles.